The van der Waals surface area contributed by atoms with E-state index in [0.29, 0.717) is 19.1 Å². The van der Waals surface area contributed by atoms with E-state index in [2.05, 4.69) is 14.9 Å². The second kappa shape index (κ2) is 6.17. The summed E-state index contributed by atoms with van der Waals surface area (Å²) in [5.41, 5.74) is 0. The molecule has 2 saturated heterocycles. The molecule has 3 rings (SSSR count). The predicted octanol–water partition coefficient (Wildman–Crippen LogP) is 0.552. The smallest absolute Gasteiger partial charge is 0.225 e. The molecule has 108 valence electrons. The van der Waals surface area contributed by atoms with Crippen molar-refractivity contribution in [3.05, 3.63) is 18.5 Å². The van der Waals surface area contributed by atoms with E-state index in [9.17, 15) is 4.79 Å². The first-order valence-electron chi connectivity index (χ1n) is 7.23. The van der Waals surface area contributed by atoms with E-state index in [4.69, 9.17) is 4.74 Å². The molecule has 1 amide bonds. The zero-order chi connectivity index (χ0) is 13.8. The average molecular weight is 276 g/mol. The molecule has 0 N–H and O–H groups in total. The number of ether oxygens (including phenoxy) is 1. The fourth-order valence-corrected chi connectivity index (χ4v) is 2.82. The summed E-state index contributed by atoms with van der Waals surface area (Å²) in [4.78, 5) is 25.1. The Balaban J connectivity index is 1.54. The Bertz CT molecular complexity index is 440. The number of carbonyl (C=O) groups excluding carboxylic acids is 1. The molecule has 0 radical (unpaired) electrons. The number of piperidine rings is 1. The Kier molecular flexibility index (Phi) is 4.11. The lowest BCUT2D eigenvalue weighted by Crippen LogP contribution is -2.47. The zero-order valence-electron chi connectivity index (χ0n) is 11.6. The van der Waals surface area contributed by atoms with E-state index in [1.165, 1.54) is 0 Å². The van der Waals surface area contributed by atoms with Crippen LogP contribution < -0.4 is 4.90 Å². The summed E-state index contributed by atoms with van der Waals surface area (Å²) in [6.45, 7) is 4.52. The van der Waals surface area contributed by atoms with Crippen LogP contribution in [0.15, 0.2) is 18.5 Å². The van der Waals surface area contributed by atoms with E-state index in [1.54, 1.807) is 12.4 Å². The van der Waals surface area contributed by atoms with Crippen molar-refractivity contribution in [1.29, 1.82) is 0 Å². The monoisotopic (exact) mass is 276 g/mol. The highest BCUT2D eigenvalue weighted by molar-refractivity contribution is 5.79. The van der Waals surface area contributed by atoms with Crippen molar-refractivity contribution < 1.29 is 9.53 Å². The number of rotatable bonds is 2. The van der Waals surface area contributed by atoms with Crippen LogP contribution in [0.2, 0.25) is 0 Å². The lowest BCUT2D eigenvalue weighted by molar-refractivity contribution is -0.140. The number of hydrogen-bond donors (Lipinski definition) is 0. The highest BCUT2D eigenvalue weighted by atomic mass is 16.5. The SMILES string of the molecule is O=C(C1CCN(c2ncccn2)CC1)N1CCOCC1. The maximum absolute atomic E-state index is 12.4. The van der Waals surface area contributed by atoms with Crippen molar-refractivity contribution in [2.45, 2.75) is 12.8 Å². The normalized spacial score (nSPS) is 21.0. The van der Waals surface area contributed by atoms with Crippen molar-refractivity contribution in [1.82, 2.24) is 14.9 Å². The maximum atomic E-state index is 12.4. The molecular formula is C14H20N4O2. The van der Waals surface area contributed by atoms with Gasteiger partial charge in [-0.3, -0.25) is 4.79 Å². The van der Waals surface area contributed by atoms with Gasteiger partial charge < -0.3 is 14.5 Å². The first kappa shape index (κ1) is 13.3. The van der Waals surface area contributed by atoms with Crippen LogP contribution in [0.5, 0.6) is 0 Å². The number of hydrogen-bond acceptors (Lipinski definition) is 5. The van der Waals surface area contributed by atoms with E-state index in [0.717, 1.165) is 45.0 Å². The minimum absolute atomic E-state index is 0.146. The molecule has 1 aromatic heterocycles. The van der Waals surface area contributed by atoms with Gasteiger partial charge in [-0.2, -0.15) is 0 Å². The Morgan fingerprint density at radius 1 is 1.10 bits per heavy atom. The molecule has 2 aliphatic heterocycles. The van der Waals surface area contributed by atoms with Crippen molar-refractivity contribution in [2.75, 3.05) is 44.3 Å². The van der Waals surface area contributed by atoms with Crippen LogP contribution in [0.25, 0.3) is 0 Å². The zero-order valence-corrected chi connectivity index (χ0v) is 11.6. The largest absolute Gasteiger partial charge is 0.378 e. The number of nitrogens with zero attached hydrogens (tertiary/aromatic N) is 4. The summed E-state index contributed by atoms with van der Waals surface area (Å²) >= 11 is 0. The van der Waals surface area contributed by atoms with Crippen LogP contribution >= 0.6 is 0 Å². The lowest BCUT2D eigenvalue weighted by Gasteiger charge is -2.35. The third-order valence-electron chi connectivity index (χ3n) is 4.00. The number of amides is 1. The molecule has 0 atom stereocenters. The third-order valence-corrected chi connectivity index (χ3v) is 4.00. The summed E-state index contributed by atoms with van der Waals surface area (Å²) in [7, 11) is 0. The van der Waals surface area contributed by atoms with Crippen LogP contribution in [-0.2, 0) is 9.53 Å². The molecular weight excluding hydrogens is 256 g/mol. The van der Waals surface area contributed by atoms with Crippen molar-refractivity contribution in [3.63, 3.8) is 0 Å². The number of carbonyl (C=O) groups is 1. The van der Waals surface area contributed by atoms with Gasteiger partial charge in [-0.1, -0.05) is 0 Å². The molecule has 0 unspecified atom stereocenters. The van der Waals surface area contributed by atoms with Gasteiger partial charge in [0.1, 0.15) is 0 Å². The Morgan fingerprint density at radius 2 is 1.75 bits per heavy atom. The molecule has 20 heavy (non-hydrogen) atoms. The van der Waals surface area contributed by atoms with E-state index < -0.39 is 0 Å². The molecule has 2 fully saturated rings. The van der Waals surface area contributed by atoms with Gasteiger partial charge in [0.15, 0.2) is 0 Å². The molecule has 6 heteroatoms. The Labute approximate surface area is 118 Å². The summed E-state index contributed by atoms with van der Waals surface area (Å²) in [5, 5.41) is 0. The quantitative estimate of drug-likeness (QED) is 0.789. The molecule has 0 bridgehead atoms. The summed E-state index contributed by atoms with van der Waals surface area (Å²) in [6, 6.07) is 1.82. The molecule has 0 aliphatic carbocycles. The van der Waals surface area contributed by atoms with Crippen LogP contribution in [0.4, 0.5) is 5.95 Å². The molecule has 0 aromatic carbocycles. The summed E-state index contributed by atoms with van der Waals surface area (Å²) in [5.74, 6) is 1.21. The minimum Gasteiger partial charge on any atom is -0.378 e. The molecule has 2 aliphatic rings. The number of aromatic nitrogens is 2. The van der Waals surface area contributed by atoms with Gasteiger partial charge in [0.25, 0.3) is 0 Å². The van der Waals surface area contributed by atoms with Crippen LogP contribution in [0, 0.1) is 5.92 Å². The Morgan fingerprint density at radius 3 is 2.40 bits per heavy atom. The van der Waals surface area contributed by atoms with E-state index in [-0.39, 0.29) is 5.92 Å². The lowest BCUT2D eigenvalue weighted by atomic mass is 9.95. The second-order valence-corrected chi connectivity index (χ2v) is 5.25. The van der Waals surface area contributed by atoms with Gasteiger partial charge >= 0.3 is 0 Å². The molecule has 1 aromatic rings. The van der Waals surface area contributed by atoms with Gasteiger partial charge in [0.2, 0.25) is 11.9 Å². The Hall–Kier alpha value is -1.69. The maximum Gasteiger partial charge on any atom is 0.225 e. The van der Waals surface area contributed by atoms with E-state index >= 15 is 0 Å². The van der Waals surface area contributed by atoms with Crippen LogP contribution in [0.3, 0.4) is 0 Å². The summed E-state index contributed by atoms with van der Waals surface area (Å²) in [6.07, 6.45) is 5.28. The topological polar surface area (TPSA) is 58.6 Å². The van der Waals surface area contributed by atoms with Crippen molar-refractivity contribution >= 4 is 11.9 Å². The van der Waals surface area contributed by atoms with Crippen molar-refractivity contribution in [2.24, 2.45) is 5.92 Å². The summed E-state index contributed by atoms with van der Waals surface area (Å²) < 4.78 is 5.29. The predicted molar refractivity (Wildman–Crippen MR) is 74.4 cm³/mol. The van der Waals surface area contributed by atoms with Crippen LogP contribution in [-0.4, -0.2) is 60.2 Å². The van der Waals surface area contributed by atoms with Gasteiger partial charge in [-0.25, -0.2) is 9.97 Å². The second-order valence-electron chi connectivity index (χ2n) is 5.25. The van der Waals surface area contributed by atoms with Crippen LogP contribution in [0.1, 0.15) is 12.8 Å². The molecule has 6 nitrogen and oxygen atoms in total. The number of anilines is 1. The van der Waals surface area contributed by atoms with Gasteiger partial charge in [-0.15, -0.1) is 0 Å². The first-order valence-corrected chi connectivity index (χ1v) is 7.23. The highest BCUT2D eigenvalue weighted by Crippen LogP contribution is 2.22. The van der Waals surface area contributed by atoms with Gasteiger partial charge in [0, 0.05) is 44.5 Å². The number of morpholine rings is 1. The van der Waals surface area contributed by atoms with Gasteiger partial charge in [0.05, 0.1) is 13.2 Å². The van der Waals surface area contributed by atoms with E-state index in [1.807, 2.05) is 11.0 Å². The van der Waals surface area contributed by atoms with Crippen molar-refractivity contribution in [3.8, 4) is 0 Å². The highest BCUT2D eigenvalue weighted by Gasteiger charge is 2.29. The molecule has 0 saturated carbocycles. The average Bonchev–Trinajstić information content (AvgIpc) is 2.56. The van der Waals surface area contributed by atoms with Gasteiger partial charge in [-0.05, 0) is 18.9 Å². The first-order chi connectivity index (χ1) is 9.84. The fraction of sp³-hybridized carbons (Fsp3) is 0.643. The minimum atomic E-state index is 0.146. The third kappa shape index (κ3) is 2.90. The molecule has 3 heterocycles. The molecule has 0 spiro atoms. The fourth-order valence-electron chi connectivity index (χ4n) is 2.82. The standard InChI is InChI=1S/C14H20N4O2/c19-13(17-8-10-20-11-9-17)12-2-6-18(7-3-12)14-15-4-1-5-16-14/h1,4-5,12H,2-3,6-11H2.